The Morgan fingerprint density at radius 1 is 1.25 bits per heavy atom. The summed E-state index contributed by atoms with van der Waals surface area (Å²) in [5, 5.41) is 18.8. The molecule has 1 unspecified atom stereocenters. The van der Waals surface area contributed by atoms with Crippen LogP contribution < -0.4 is 0 Å². The third-order valence-corrected chi connectivity index (χ3v) is 5.25. The molecule has 0 amide bonds. The Labute approximate surface area is 125 Å². The largest absolute Gasteiger partial charge is 0.480 e. The number of nitrogens with zero attached hydrogens (tertiary/aromatic N) is 1. The summed E-state index contributed by atoms with van der Waals surface area (Å²) in [5.74, 6) is -1.31. The number of hydrogen-bond acceptors (Lipinski definition) is 4. The van der Waals surface area contributed by atoms with E-state index >= 15 is 0 Å². The molecule has 2 N–H and O–H groups in total. The van der Waals surface area contributed by atoms with Crippen molar-refractivity contribution in [2.24, 2.45) is 0 Å². The highest BCUT2D eigenvalue weighted by atomic mass is 35.5. The molecule has 110 valence electrons. The van der Waals surface area contributed by atoms with Crippen molar-refractivity contribution >= 4 is 39.2 Å². The zero-order valence-electron chi connectivity index (χ0n) is 10.0. The molecule has 0 saturated carbocycles. The Morgan fingerprint density at radius 3 is 2.30 bits per heavy atom. The predicted octanol–water partition coefficient (Wildman–Crippen LogP) is 1.20. The minimum atomic E-state index is -4.09. The number of β-amino-alcohol motifs (C(OH)–C–C–N with tert-alkyl or cyclic N) is 1. The van der Waals surface area contributed by atoms with E-state index in [0.29, 0.717) is 0 Å². The quantitative estimate of drug-likeness (QED) is 0.862. The SMILES string of the molecule is O=C(O)[C@@H]1CC(O)CN1S(=O)(=O)c1cc(Cl)cc(Cl)c1. The summed E-state index contributed by atoms with van der Waals surface area (Å²) in [4.78, 5) is 10.9. The van der Waals surface area contributed by atoms with Crippen LogP contribution in [0, 0.1) is 0 Å². The van der Waals surface area contributed by atoms with Crippen LogP contribution in [0.4, 0.5) is 0 Å². The van der Waals surface area contributed by atoms with Gasteiger partial charge in [0, 0.05) is 23.0 Å². The first-order valence-corrected chi connectivity index (χ1v) is 7.80. The van der Waals surface area contributed by atoms with Crippen LogP contribution in [0.2, 0.25) is 10.0 Å². The molecule has 0 spiro atoms. The average Bonchev–Trinajstić information content (AvgIpc) is 2.71. The lowest BCUT2D eigenvalue weighted by Crippen LogP contribution is -2.40. The van der Waals surface area contributed by atoms with E-state index in [2.05, 4.69) is 0 Å². The van der Waals surface area contributed by atoms with E-state index in [4.69, 9.17) is 28.3 Å². The number of aliphatic hydroxyl groups is 1. The third kappa shape index (κ3) is 2.91. The predicted molar refractivity (Wildman–Crippen MR) is 72.4 cm³/mol. The zero-order valence-corrected chi connectivity index (χ0v) is 12.4. The smallest absolute Gasteiger partial charge is 0.322 e. The first-order valence-electron chi connectivity index (χ1n) is 5.60. The summed E-state index contributed by atoms with van der Waals surface area (Å²) in [6.45, 7) is -0.274. The molecule has 0 aromatic heterocycles. The van der Waals surface area contributed by atoms with Crippen LogP contribution in [0.5, 0.6) is 0 Å². The minimum Gasteiger partial charge on any atom is -0.480 e. The summed E-state index contributed by atoms with van der Waals surface area (Å²) in [6.07, 6.45) is -1.16. The van der Waals surface area contributed by atoms with E-state index in [9.17, 15) is 18.3 Å². The number of rotatable bonds is 3. The number of carboxylic acids is 1. The second kappa shape index (κ2) is 5.50. The van der Waals surface area contributed by atoms with Crippen molar-refractivity contribution < 1.29 is 23.4 Å². The van der Waals surface area contributed by atoms with Crippen molar-refractivity contribution in [3.05, 3.63) is 28.2 Å². The Hall–Kier alpha value is -0.860. The van der Waals surface area contributed by atoms with Gasteiger partial charge in [0.25, 0.3) is 0 Å². The molecule has 9 heteroatoms. The first-order chi connectivity index (χ1) is 9.21. The van der Waals surface area contributed by atoms with Gasteiger partial charge < -0.3 is 10.2 Å². The molecule has 6 nitrogen and oxygen atoms in total. The van der Waals surface area contributed by atoms with E-state index in [0.717, 1.165) is 4.31 Å². The van der Waals surface area contributed by atoms with Crippen LogP contribution in [0.3, 0.4) is 0 Å². The van der Waals surface area contributed by atoms with Crippen molar-refractivity contribution in [2.45, 2.75) is 23.5 Å². The maximum atomic E-state index is 12.4. The van der Waals surface area contributed by atoms with E-state index in [1.165, 1.54) is 18.2 Å². The number of aliphatic hydroxyl groups excluding tert-OH is 1. The Morgan fingerprint density at radius 2 is 1.80 bits per heavy atom. The van der Waals surface area contributed by atoms with Crippen LogP contribution in [0.1, 0.15) is 6.42 Å². The number of benzene rings is 1. The van der Waals surface area contributed by atoms with E-state index in [1.807, 2.05) is 0 Å². The molecule has 1 aliphatic rings. The molecule has 0 aliphatic carbocycles. The summed E-state index contributed by atoms with van der Waals surface area (Å²) in [6, 6.07) is 2.45. The van der Waals surface area contributed by atoms with Crippen molar-refractivity contribution in [1.29, 1.82) is 0 Å². The Balaban J connectivity index is 2.46. The maximum absolute atomic E-state index is 12.4. The topological polar surface area (TPSA) is 94.9 Å². The van der Waals surface area contributed by atoms with Crippen molar-refractivity contribution in [3.8, 4) is 0 Å². The third-order valence-electron chi connectivity index (χ3n) is 2.96. The van der Waals surface area contributed by atoms with Gasteiger partial charge in [0.15, 0.2) is 0 Å². The van der Waals surface area contributed by atoms with Crippen LogP contribution in [-0.4, -0.2) is 47.6 Å². The highest BCUT2D eigenvalue weighted by molar-refractivity contribution is 7.89. The lowest BCUT2D eigenvalue weighted by molar-refractivity contribution is -0.140. The van der Waals surface area contributed by atoms with Crippen LogP contribution >= 0.6 is 23.2 Å². The fourth-order valence-corrected chi connectivity index (χ4v) is 4.44. The number of halogens is 2. The summed E-state index contributed by atoms with van der Waals surface area (Å²) >= 11 is 11.5. The number of carboxylic acid groups (broad SMARTS) is 1. The first kappa shape index (κ1) is 15.5. The van der Waals surface area contributed by atoms with Gasteiger partial charge in [-0.05, 0) is 18.2 Å². The molecule has 1 heterocycles. The second-order valence-corrected chi connectivity index (χ2v) is 7.19. The van der Waals surface area contributed by atoms with Gasteiger partial charge in [0.2, 0.25) is 10.0 Å². The summed E-state index contributed by atoms with van der Waals surface area (Å²) in [5.41, 5.74) is 0. The molecule has 1 fully saturated rings. The standard InChI is InChI=1S/C11H11Cl2NO5S/c12-6-1-7(13)3-9(2-6)20(18,19)14-5-8(15)4-10(14)11(16)17/h1-3,8,10,15H,4-5H2,(H,16,17)/t8?,10-/m0/s1. The molecule has 1 aromatic rings. The van der Waals surface area contributed by atoms with Crippen molar-refractivity contribution in [2.75, 3.05) is 6.54 Å². The van der Waals surface area contributed by atoms with Gasteiger partial charge in [-0.1, -0.05) is 23.2 Å². The molecular weight excluding hydrogens is 329 g/mol. The summed E-state index contributed by atoms with van der Waals surface area (Å²) in [7, 11) is -4.09. The maximum Gasteiger partial charge on any atom is 0.322 e. The van der Waals surface area contributed by atoms with Gasteiger partial charge in [-0.2, -0.15) is 4.31 Å². The Bertz CT molecular complexity index is 628. The highest BCUT2D eigenvalue weighted by Crippen LogP contribution is 2.29. The van der Waals surface area contributed by atoms with E-state index in [1.54, 1.807) is 0 Å². The highest BCUT2D eigenvalue weighted by Gasteiger charge is 2.43. The van der Waals surface area contributed by atoms with Gasteiger partial charge in [0.1, 0.15) is 6.04 Å². The molecule has 1 aliphatic heterocycles. The summed E-state index contributed by atoms with van der Waals surface area (Å²) < 4.78 is 25.6. The number of aliphatic carboxylic acids is 1. The van der Waals surface area contributed by atoms with Gasteiger partial charge in [-0.25, -0.2) is 8.42 Å². The lowest BCUT2D eigenvalue weighted by Gasteiger charge is -2.20. The molecule has 2 atom stereocenters. The number of carbonyl (C=O) groups is 1. The van der Waals surface area contributed by atoms with Crippen LogP contribution in [0.15, 0.2) is 23.1 Å². The molecule has 0 radical (unpaired) electrons. The lowest BCUT2D eigenvalue weighted by atomic mass is 10.2. The molecule has 1 saturated heterocycles. The normalized spacial score (nSPS) is 23.9. The van der Waals surface area contributed by atoms with Crippen LogP contribution in [0.25, 0.3) is 0 Å². The van der Waals surface area contributed by atoms with E-state index in [-0.39, 0.29) is 27.9 Å². The van der Waals surface area contributed by atoms with Crippen molar-refractivity contribution in [1.82, 2.24) is 4.31 Å². The monoisotopic (exact) mass is 339 g/mol. The second-order valence-electron chi connectivity index (χ2n) is 4.42. The zero-order chi connectivity index (χ0) is 15.1. The van der Waals surface area contributed by atoms with E-state index < -0.39 is 28.1 Å². The fraction of sp³-hybridized carbons (Fsp3) is 0.364. The van der Waals surface area contributed by atoms with Crippen LogP contribution in [-0.2, 0) is 14.8 Å². The molecular formula is C11H11Cl2NO5S. The molecule has 2 rings (SSSR count). The number of sulfonamides is 1. The molecule has 20 heavy (non-hydrogen) atoms. The Kier molecular flexibility index (Phi) is 4.27. The van der Waals surface area contributed by atoms with Crippen molar-refractivity contribution in [3.63, 3.8) is 0 Å². The van der Waals surface area contributed by atoms with Gasteiger partial charge >= 0.3 is 5.97 Å². The minimum absolute atomic E-state index is 0.127. The van der Waals surface area contributed by atoms with Gasteiger partial charge in [0.05, 0.1) is 11.0 Å². The molecule has 0 bridgehead atoms. The van der Waals surface area contributed by atoms with Gasteiger partial charge in [-0.3, -0.25) is 4.79 Å². The van der Waals surface area contributed by atoms with Gasteiger partial charge in [-0.15, -0.1) is 0 Å². The number of hydrogen-bond donors (Lipinski definition) is 2. The molecule has 1 aromatic carbocycles. The fourth-order valence-electron chi connectivity index (χ4n) is 2.09. The average molecular weight is 340 g/mol.